The molecule has 47 heavy (non-hydrogen) atoms. The number of carboxylic acids is 1. The lowest BCUT2D eigenvalue weighted by molar-refractivity contribution is -0.672. The highest BCUT2D eigenvalue weighted by molar-refractivity contribution is 5.99. The topological polar surface area (TPSA) is 139 Å². The number of nitrogens with zero attached hydrogens (tertiary/aromatic N) is 1. The van der Waals surface area contributed by atoms with Gasteiger partial charge in [0.05, 0.1) is 25.3 Å². The van der Waals surface area contributed by atoms with Crippen LogP contribution in [0, 0.1) is 11.2 Å². The number of primary amides is 1. The van der Waals surface area contributed by atoms with Crippen LogP contribution >= 0.6 is 0 Å². The minimum absolute atomic E-state index is 0.0718. The molecule has 3 aromatic rings. The molecule has 0 radical (unpaired) electrons. The fraction of sp³-hybridized carbons (Fsp3) is 0.382. The van der Waals surface area contributed by atoms with Gasteiger partial charge in [-0.3, -0.25) is 9.59 Å². The number of hydrogen-bond donors (Lipinski definition) is 2. The van der Waals surface area contributed by atoms with Crippen molar-refractivity contribution in [2.45, 2.75) is 52.8 Å². The number of halogens is 4. The number of anilines is 1. The first-order valence-corrected chi connectivity index (χ1v) is 15.2. The van der Waals surface area contributed by atoms with Gasteiger partial charge in [0.15, 0.2) is 0 Å². The summed E-state index contributed by atoms with van der Waals surface area (Å²) in [6, 6.07) is 17.4. The number of benzene rings is 3. The zero-order chi connectivity index (χ0) is 34.8. The number of amides is 2. The Bertz CT molecular complexity index is 1520. The molecule has 9 nitrogen and oxygen atoms in total. The van der Waals surface area contributed by atoms with Gasteiger partial charge in [-0.05, 0) is 68.3 Å². The van der Waals surface area contributed by atoms with E-state index in [1.165, 1.54) is 12.1 Å². The number of carbonyl (C=O) groups is 3. The van der Waals surface area contributed by atoms with E-state index in [2.05, 4.69) is 12.2 Å². The largest absolute Gasteiger partial charge is 0.542 e. The molecule has 13 heteroatoms. The van der Waals surface area contributed by atoms with Crippen molar-refractivity contribution in [2.75, 3.05) is 31.2 Å². The summed E-state index contributed by atoms with van der Waals surface area (Å²) in [6.07, 6.45) is -2.95. The summed E-state index contributed by atoms with van der Waals surface area (Å²) in [5, 5.41) is 11.0. The zero-order valence-corrected chi connectivity index (χ0v) is 26.5. The fourth-order valence-corrected chi connectivity index (χ4v) is 5.42. The number of carbonyl (C=O) groups excluding carboxylic acids is 3. The van der Waals surface area contributed by atoms with E-state index in [1.807, 2.05) is 32.0 Å². The van der Waals surface area contributed by atoms with Gasteiger partial charge in [0.25, 0.3) is 0 Å². The van der Waals surface area contributed by atoms with Crippen LogP contribution in [-0.2, 0) is 16.1 Å². The van der Waals surface area contributed by atoms with Gasteiger partial charge in [-0.2, -0.15) is 13.2 Å². The number of alkyl halides is 3. The van der Waals surface area contributed by atoms with Crippen LogP contribution in [0.4, 0.5) is 23.2 Å². The second-order valence-electron chi connectivity index (χ2n) is 11.1. The number of aliphatic carboxylic acids is 1. The van der Waals surface area contributed by atoms with Crippen LogP contribution in [0.3, 0.4) is 0 Å². The number of nitrogens with two attached hydrogens (primary N) is 2. The molecular formula is C34H39F4N3O6. The van der Waals surface area contributed by atoms with Crippen LogP contribution in [0.15, 0.2) is 60.7 Å². The van der Waals surface area contributed by atoms with Crippen molar-refractivity contribution in [3.63, 3.8) is 0 Å². The molecule has 1 fully saturated rings. The third kappa shape index (κ3) is 9.92. The van der Waals surface area contributed by atoms with Gasteiger partial charge >= 0.3 is 6.18 Å². The first-order valence-electron chi connectivity index (χ1n) is 15.2. The van der Waals surface area contributed by atoms with Gasteiger partial charge in [-0.25, -0.2) is 4.39 Å². The van der Waals surface area contributed by atoms with Gasteiger partial charge in [0.1, 0.15) is 29.8 Å². The Labute approximate surface area is 270 Å². The quantitative estimate of drug-likeness (QED) is 0.210. The van der Waals surface area contributed by atoms with Crippen molar-refractivity contribution >= 4 is 23.5 Å². The lowest BCUT2D eigenvalue weighted by atomic mass is 9.81. The van der Waals surface area contributed by atoms with Crippen molar-refractivity contribution in [1.29, 1.82) is 0 Å². The Kier molecular flexibility index (Phi) is 12.7. The second kappa shape index (κ2) is 16.3. The van der Waals surface area contributed by atoms with E-state index in [-0.39, 0.29) is 17.1 Å². The van der Waals surface area contributed by atoms with Crippen LogP contribution in [0.2, 0.25) is 0 Å². The van der Waals surface area contributed by atoms with Gasteiger partial charge in [0.2, 0.25) is 11.8 Å². The molecule has 3 aromatic carbocycles. The molecule has 1 saturated heterocycles. The van der Waals surface area contributed by atoms with E-state index in [0.29, 0.717) is 48.9 Å². The third-order valence-corrected chi connectivity index (χ3v) is 7.86. The molecule has 0 aromatic heterocycles. The Morgan fingerprint density at radius 1 is 1.00 bits per heavy atom. The Morgan fingerprint density at radius 2 is 1.60 bits per heavy atom. The molecule has 1 aliphatic rings. The fourth-order valence-electron chi connectivity index (χ4n) is 5.42. The van der Waals surface area contributed by atoms with E-state index < -0.39 is 18.1 Å². The summed E-state index contributed by atoms with van der Waals surface area (Å²) in [5.41, 5.74) is 9.16. The summed E-state index contributed by atoms with van der Waals surface area (Å²) in [5.74, 6) is -2.31. The van der Waals surface area contributed by atoms with E-state index in [9.17, 15) is 27.2 Å². The number of carboxylic acid groups (broad SMARTS) is 1. The van der Waals surface area contributed by atoms with Crippen molar-refractivity contribution in [3.05, 3.63) is 77.6 Å². The number of rotatable bonds is 13. The smallest absolute Gasteiger partial charge is 0.430 e. The maximum absolute atomic E-state index is 13.6. The summed E-state index contributed by atoms with van der Waals surface area (Å²) >= 11 is 0. The first kappa shape index (κ1) is 36.8. The average molecular weight is 662 g/mol. The molecule has 4 rings (SSSR count). The minimum Gasteiger partial charge on any atom is -0.542 e. The second-order valence-corrected chi connectivity index (χ2v) is 11.1. The highest BCUT2D eigenvalue weighted by atomic mass is 19.4. The normalized spacial score (nSPS) is 16.0. The maximum Gasteiger partial charge on any atom is 0.430 e. The molecule has 1 heterocycles. The van der Waals surface area contributed by atoms with Crippen LogP contribution in [0.25, 0.3) is 11.1 Å². The Hall–Kier alpha value is -4.65. The van der Waals surface area contributed by atoms with E-state index in [4.69, 9.17) is 25.1 Å². The minimum atomic E-state index is -5.19. The molecule has 0 aliphatic carbocycles. The Balaban J connectivity index is 0.000000771. The third-order valence-electron chi connectivity index (χ3n) is 7.86. The molecule has 0 spiro atoms. The van der Waals surface area contributed by atoms with Crippen molar-refractivity contribution in [1.82, 2.24) is 0 Å². The van der Waals surface area contributed by atoms with Crippen LogP contribution in [0.1, 0.15) is 56.0 Å². The number of ether oxygens (including phenoxy) is 2. The summed E-state index contributed by atoms with van der Waals surface area (Å²) in [7, 11) is 0. The van der Waals surface area contributed by atoms with Crippen LogP contribution in [0.5, 0.6) is 11.5 Å². The van der Waals surface area contributed by atoms with E-state index >= 15 is 0 Å². The van der Waals surface area contributed by atoms with E-state index in [0.717, 1.165) is 42.6 Å². The molecule has 0 bridgehead atoms. The van der Waals surface area contributed by atoms with Crippen molar-refractivity contribution < 1.29 is 51.8 Å². The predicted octanol–water partition coefficient (Wildman–Crippen LogP) is 3.97. The molecule has 2 amide bonds. The molecule has 0 saturated carbocycles. The zero-order valence-electron chi connectivity index (χ0n) is 26.5. The van der Waals surface area contributed by atoms with Gasteiger partial charge in [0, 0.05) is 41.6 Å². The van der Waals surface area contributed by atoms with Gasteiger partial charge in [-0.1, -0.05) is 25.1 Å². The predicted molar refractivity (Wildman–Crippen MR) is 165 cm³/mol. The summed E-state index contributed by atoms with van der Waals surface area (Å²) in [6.45, 7) is 9.20. The number of hydrogen-bond acceptors (Lipinski definition) is 6. The molecular weight excluding hydrogens is 622 g/mol. The lowest BCUT2D eigenvalue weighted by Crippen LogP contribution is -2.83. The lowest BCUT2D eigenvalue weighted by Gasteiger charge is -2.27. The maximum atomic E-state index is 13.6. The SMILES string of the molecule is CCOc1cc(C[NH2+]CCC2(CC)CC(=O)N(c3cccc(C(N)=O)c3)C2)cc(OCC)c1-c1ccc(F)cc1.O=C([O-])C(F)(F)F. The highest BCUT2D eigenvalue weighted by Crippen LogP contribution is 2.41. The first-order chi connectivity index (χ1) is 22.2. The molecule has 4 N–H and O–H groups in total. The van der Waals surface area contributed by atoms with Crippen molar-refractivity contribution in [2.24, 2.45) is 11.1 Å². The molecule has 254 valence electrons. The monoisotopic (exact) mass is 661 g/mol. The van der Waals surface area contributed by atoms with Crippen LogP contribution in [-0.4, -0.2) is 50.3 Å². The standard InChI is InChI=1S/C32H38FN3O4.C2HF3O2/c1-4-32(19-29(37)36(21-32)26-9-7-8-24(18-26)31(34)38)14-15-35-20-22-16-27(39-5-2)30(28(17-22)40-6-3)23-10-12-25(33)13-11-23;3-2(4,5)1(6)7/h7-13,16-18,35H,4-6,14-15,19-21H2,1-3H3,(H2,34,38);(H,6,7). The number of quaternary nitrogens is 1. The summed E-state index contributed by atoms with van der Waals surface area (Å²) in [4.78, 5) is 35.2. The van der Waals surface area contributed by atoms with Crippen LogP contribution < -0.4 is 30.5 Å². The van der Waals surface area contributed by atoms with Gasteiger partial charge < -0.3 is 35.3 Å². The molecule has 1 atom stereocenters. The van der Waals surface area contributed by atoms with E-state index in [1.54, 1.807) is 35.2 Å². The Morgan fingerprint density at radius 3 is 2.11 bits per heavy atom. The van der Waals surface area contributed by atoms with Crippen molar-refractivity contribution in [3.8, 4) is 22.6 Å². The molecule has 1 unspecified atom stereocenters. The average Bonchev–Trinajstić information content (AvgIpc) is 3.36. The highest BCUT2D eigenvalue weighted by Gasteiger charge is 2.42. The summed E-state index contributed by atoms with van der Waals surface area (Å²) < 4.78 is 57.1. The molecule has 1 aliphatic heterocycles. The van der Waals surface area contributed by atoms with Gasteiger partial charge in [-0.15, -0.1) is 0 Å².